The molecule has 2 aromatic heterocycles. The maximum atomic E-state index is 12.5. The van der Waals surface area contributed by atoms with Crippen molar-refractivity contribution in [1.29, 1.82) is 0 Å². The van der Waals surface area contributed by atoms with Gasteiger partial charge in [0.05, 0.1) is 11.8 Å². The topological polar surface area (TPSA) is 97.5 Å². The highest BCUT2D eigenvalue weighted by atomic mass is 16.2. The van der Waals surface area contributed by atoms with Gasteiger partial charge in [-0.15, -0.1) is 0 Å². The third kappa shape index (κ3) is 3.03. The van der Waals surface area contributed by atoms with Gasteiger partial charge < -0.3 is 4.90 Å². The van der Waals surface area contributed by atoms with E-state index in [4.69, 9.17) is 4.98 Å². The Hall–Kier alpha value is -3.42. The maximum Gasteiger partial charge on any atom is 0.198 e. The first kappa shape index (κ1) is 20.2. The summed E-state index contributed by atoms with van der Waals surface area (Å²) >= 11 is 0. The van der Waals surface area contributed by atoms with Crippen LogP contribution in [-0.2, 0) is 32.6 Å². The summed E-state index contributed by atoms with van der Waals surface area (Å²) in [6, 6.07) is 6.21. The summed E-state index contributed by atoms with van der Waals surface area (Å²) in [4.78, 5) is 48.1. The van der Waals surface area contributed by atoms with Crippen LogP contribution in [0.3, 0.4) is 0 Å². The van der Waals surface area contributed by atoms with Crippen molar-refractivity contribution in [2.45, 2.75) is 51.4 Å². The number of fused-ring (bicyclic) bond motifs is 2. The number of rotatable bonds is 3. The van der Waals surface area contributed by atoms with Gasteiger partial charge in [-0.25, -0.2) is 14.5 Å². The van der Waals surface area contributed by atoms with Crippen molar-refractivity contribution in [1.82, 2.24) is 19.6 Å². The average Bonchev–Trinajstić information content (AvgIpc) is 3.48. The molecule has 0 N–H and O–H groups in total. The van der Waals surface area contributed by atoms with E-state index in [2.05, 4.69) is 33.2 Å². The van der Waals surface area contributed by atoms with Gasteiger partial charge in [0.25, 0.3) is 0 Å². The molecule has 1 saturated heterocycles. The molecule has 6 rings (SSSR count). The molecule has 1 saturated carbocycles. The number of benzene rings is 1. The fourth-order valence-electron chi connectivity index (χ4n) is 5.72. The minimum Gasteiger partial charge on any atom is -0.352 e. The molecule has 33 heavy (non-hydrogen) atoms. The average molecular weight is 444 g/mol. The first-order chi connectivity index (χ1) is 15.7. The lowest BCUT2D eigenvalue weighted by Gasteiger charge is -2.22. The first-order valence-corrected chi connectivity index (χ1v) is 11.4. The zero-order valence-corrected chi connectivity index (χ0v) is 18.8. The van der Waals surface area contributed by atoms with Crippen molar-refractivity contribution >= 4 is 28.8 Å². The summed E-state index contributed by atoms with van der Waals surface area (Å²) in [5.41, 5.74) is 2.93. The SMILES string of the molecule is CC1(C)C(=O)Cc2cc(Cc3nc4c(N5CCC6(CC(=O)CC6=O)C5)nccn4n3)ccc21. The monoisotopic (exact) mass is 443 g/mol. The number of hydrogen-bond acceptors (Lipinski definition) is 7. The van der Waals surface area contributed by atoms with E-state index in [9.17, 15) is 14.4 Å². The largest absolute Gasteiger partial charge is 0.352 e. The molecular weight excluding hydrogens is 418 g/mol. The van der Waals surface area contributed by atoms with Crippen LogP contribution in [0.2, 0.25) is 0 Å². The highest BCUT2D eigenvalue weighted by Crippen LogP contribution is 2.42. The normalized spacial score (nSPS) is 23.9. The van der Waals surface area contributed by atoms with Gasteiger partial charge in [0.1, 0.15) is 17.3 Å². The molecule has 3 heterocycles. The van der Waals surface area contributed by atoms with Crippen LogP contribution in [0.4, 0.5) is 5.82 Å². The molecule has 2 aliphatic carbocycles. The van der Waals surface area contributed by atoms with Crippen molar-refractivity contribution in [3.8, 4) is 0 Å². The predicted molar refractivity (Wildman–Crippen MR) is 120 cm³/mol. The van der Waals surface area contributed by atoms with E-state index in [1.165, 1.54) is 0 Å². The molecule has 0 amide bonds. The Morgan fingerprint density at radius 2 is 1.94 bits per heavy atom. The van der Waals surface area contributed by atoms with Gasteiger partial charge in [0, 0.05) is 50.2 Å². The minimum atomic E-state index is -0.565. The van der Waals surface area contributed by atoms with Gasteiger partial charge in [0.2, 0.25) is 0 Å². The van der Waals surface area contributed by atoms with Gasteiger partial charge in [-0.2, -0.15) is 5.10 Å². The maximum absolute atomic E-state index is 12.5. The molecule has 0 radical (unpaired) electrons. The molecule has 168 valence electrons. The van der Waals surface area contributed by atoms with Gasteiger partial charge >= 0.3 is 0 Å². The lowest BCUT2D eigenvalue weighted by Crippen LogP contribution is -2.31. The van der Waals surface area contributed by atoms with Crippen molar-refractivity contribution in [2.24, 2.45) is 5.41 Å². The number of anilines is 1. The van der Waals surface area contributed by atoms with E-state index in [-0.39, 0.29) is 23.8 Å². The molecule has 0 bridgehead atoms. The molecule has 1 unspecified atom stereocenters. The molecule has 2 fully saturated rings. The molecule has 8 nitrogen and oxygen atoms in total. The van der Waals surface area contributed by atoms with Crippen molar-refractivity contribution in [3.63, 3.8) is 0 Å². The van der Waals surface area contributed by atoms with E-state index >= 15 is 0 Å². The van der Waals surface area contributed by atoms with Crippen LogP contribution in [0.5, 0.6) is 0 Å². The first-order valence-electron chi connectivity index (χ1n) is 11.4. The van der Waals surface area contributed by atoms with Crippen LogP contribution in [-0.4, -0.2) is 50.0 Å². The van der Waals surface area contributed by atoms with Crippen LogP contribution in [0.15, 0.2) is 30.6 Å². The van der Waals surface area contributed by atoms with E-state index in [0.29, 0.717) is 56.1 Å². The third-order valence-electron chi connectivity index (χ3n) is 7.67. The highest BCUT2D eigenvalue weighted by molar-refractivity contribution is 6.10. The number of ketones is 3. The quantitative estimate of drug-likeness (QED) is 0.573. The Labute approximate surface area is 191 Å². The van der Waals surface area contributed by atoms with E-state index in [0.717, 1.165) is 16.7 Å². The number of hydrogen-bond donors (Lipinski definition) is 0. The van der Waals surface area contributed by atoms with Crippen molar-refractivity contribution in [3.05, 3.63) is 53.1 Å². The molecule has 1 aliphatic heterocycles. The molecule has 3 aliphatic rings. The molecule has 8 heteroatoms. The molecule has 1 spiro atoms. The Balaban J connectivity index is 1.28. The van der Waals surface area contributed by atoms with Crippen LogP contribution in [0.25, 0.3) is 5.65 Å². The van der Waals surface area contributed by atoms with Gasteiger partial charge in [-0.1, -0.05) is 18.2 Å². The zero-order chi connectivity index (χ0) is 23.0. The summed E-state index contributed by atoms with van der Waals surface area (Å²) in [6.07, 6.45) is 5.56. The van der Waals surface area contributed by atoms with Gasteiger partial charge in [-0.05, 0) is 37.0 Å². The number of carbonyl (C=O) groups excluding carboxylic acids is 3. The summed E-state index contributed by atoms with van der Waals surface area (Å²) in [6.45, 7) is 5.14. The van der Waals surface area contributed by atoms with Crippen LogP contribution in [0, 0.1) is 5.41 Å². The fraction of sp³-hybridized carbons (Fsp3) is 0.440. The summed E-state index contributed by atoms with van der Waals surface area (Å²) in [7, 11) is 0. The standard InChI is InChI=1S/C25H25N5O3/c1-24(2)18-4-3-15(9-16(18)11-19(24)32)10-21-27-23-22(26-6-8-30(23)28-21)29-7-5-25(14-29)13-17(31)12-20(25)33/h3-4,6,8-9H,5,7,10-14H2,1-2H3. The van der Waals surface area contributed by atoms with Crippen LogP contribution < -0.4 is 4.90 Å². The number of aromatic nitrogens is 4. The van der Waals surface area contributed by atoms with E-state index in [1.54, 1.807) is 16.9 Å². The predicted octanol–water partition coefficient (Wildman–Crippen LogP) is 2.25. The Morgan fingerprint density at radius 3 is 2.73 bits per heavy atom. The van der Waals surface area contributed by atoms with Crippen LogP contribution >= 0.6 is 0 Å². The van der Waals surface area contributed by atoms with Crippen molar-refractivity contribution in [2.75, 3.05) is 18.0 Å². The smallest absolute Gasteiger partial charge is 0.198 e. The van der Waals surface area contributed by atoms with E-state index in [1.807, 2.05) is 13.8 Å². The second-order valence-electron chi connectivity index (χ2n) is 10.2. The van der Waals surface area contributed by atoms with Gasteiger partial charge in [0.15, 0.2) is 17.3 Å². The third-order valence-corrected chi connectivity index (χ3v) is 7.67. The Morgan fingerprint density at radius 1 is 1.09 bits per heavy atom. The second kappa shape index (κ2) is 6.79. The molecule has 3 aromatic rings. The number of Topliss-reactive ketones (excluding diaryl/α,β-unsaturated/α-hetero) is 3. The fourth-order valence-corrected chi connectivity index (χ4v) is 5.72. The van der Waals surface area contributed by atoms with E-state index < -0.39 is 10.8 Å². The summed E-state index contributed by atoms with van der Waals surface area (Å²) in [5.74, 6) is 1.72. The lowest BCUT2D eigenvalue weighted by molar-refractivity contribution is -0.125. The summed E-state index contributed by atoms with van der Waals surface area (Å²) < 4.78 is 1.73. The molecular formula is C25H25N5O3. The van der Waals surface area contributed by atoms with Gasteiger partial charge in [-0.3, -0.25) is 14.4 Å². The van der Waals surface area contributed by atoms with Crippen molar-refractivity contribution < 1.29 is 14.4 Å². The van der Waals surface area contributed by atoms with Crippen LogP contribution in [0.1, 0.15) is 55.6 Å². The zero-order valence-electron chi connectivity index (χ0n) is 18.8. The summed E-state index contributed by atoms with van der Waals surface area (Å²) in [5, 5.41) is 4.64. The lowest BCUT2D eigenvalue weighted by atomic mass is 9.84. The molecule has 1 atom stereocenters. The Bertz CT molecular complexity index is 1360. The number of carbonyl (C=O) groups is 3. The second-order valence-corrected chi connectivity index (χ2v) is 10.2. The highest BCUT2D eigenvalue weighted by Gasteiger charge is 2.50. The Kier molecular flexibility index (Phi) is 4.16. The number of nitrogens with zero attached hydrogens (tertiary/aromatic N) is 5. The minimum absolute atomic E-state index is 0.0391. The molecule has 1 aromatic carbocycles.